The number of hydrogen-bond donors (Lipinski definition) is 2. The van der Waals surface area contributed by atoms with E-state index in [-0.39, 0.29) is 17.7 Å². The predicted molar refractivity (Wildman–Crippen MR) is 127 cm³/mol. The van der Waals surface area contributed by atoms with Gasteiger partial charge in [-0.15, -0.1) is 0 Å². The number of benzene rings is 1. The number of aliphatic hydroxyl groups is 1. The van der Waals surface area contributed by atoms with Gasteiger partial charge in [-0.3, -0.25) is 4.79 Å². The summed E-state index contributed by atoms with van der Waals surface area (Å²) in [5.74, 6) is 0.416. The zero-order chi connectivity index (χ0) is 24.5. The fraction of sp³-hybridized carbons (Fsp3) is 0.360. The lowest BCUT2D eigenvalue weighted by molar-refractivity contribution is -0.156. The van der Waals surface area contributed by atoms with Crippen molar-refractivity contribution in [2.75, 3.05) is 12.4 Å². The second kappa shape index (κ2) is 9.34. The van der Waals surface area contributed by atoms with E-state index >= 15 is 0 Å². The fourth-order valence-electron chi connectivity index (χ4n) is 3.89. The standard InChI is InChI=1S/C25H28FN5O3/c1-25(2,3)23-30-21(19-9-11-28-24(27-4)29-19)22(15-5-7-16(26)8-6-15)31(23)12-10-18-13-17(32)14-20(33)34-18/h5-12,17-18,32H,13-14H2,1-4H3,(H,27,28,29)/t17-,18-/m1/s1. The van der Waals surface area contributed by atoms with Crippen molar-refractivity contribution in [3.8, 4) is 22.6 Å². The van der Waals surface area contributed by atoms with Crippen LogP contribution in [0.25, 0.3) is 28.8 Å². The second-order valence-corrected chi connectivity index (χ2v) is 9.24. The topological polar surface area (TPSA) is 102 Å². The molecule has 34 heavy (non-hydrogen) atoms. The first-order chi connectivity index (χ1) is 16.2. The molecule has 3 aromatic rings. The Labute approximate surface area is 197 Å². The Balaban J connectivity index is 1.92. The van der Waals surface area contributed by atoms with Crippen LogP contribution in [0.3, 0.4) is 0 Å². The molecule has 0 amide bonds. The van der Waals surface area contributed by atoms with E-state index in [9.17, 15) is 14.3 Å². The third-order valence-electron chi connectivity index (χ3n) is 5.46. The molecule has 0 radical (unpaired) electrons. The van der Waals surface area contributed by atoms with E-state index in [4.69, 9.17) is 9.72 Å². The van der Waals surface area contributed by atoms with E-state index in [0.29, 0.717) is 29.5 Å². The van der Waals surface area contributed by atoms with Gasteiger partial charge in [-0.25, -0.2) is 19.3 Å². The fourth-order valence-corrected chi connectivity index (χ4v) is 3.89. The molecule has 0 aliphatic carbocycles. The van der Waals surface area contributed by atoms with Crippen LogP contribution >= 0.6 is 0 Å². The molecule has 178 valence electrons. The minimum atomic E-state index is -0.742. The number of aliphatic hydroxyl groups excluding tert-OH is 1. The molecule has 0 saturated carbocycles. The number of nitrogens with zero attached hydrogens (tertiary/aromatic N) is 4. The molecule has 1 aromatic carbocycles. The van der Waals surface area contributed by atoms with Gasteiger partial charge in [0.1, 0.15) is 23.4 Å². The number of hydrogen-bond acceptors (Lipinski definition) is 7. The number of anilines is 1. The molecule has 2 atom stereocenters. The molecular weight excluding hydrogens is 437 g/mol. The molecule has 8 nitrogen and oxygen atoms in total. The van der Waals surface area contributed by atoms with Crippen LogP contribution in [0, 0.1) is 5.82 Å². The SMILES string of the molecule is CNc1nccc(-c2nc(C(C)(C)C)n(C=C[C@@H]3C[C@@H](O)CC(=O)O3)c2-c2ccc(F)cc2)n1. The molecule has 0 spiro atoms. The van der Waals surface area contributed by atoms with E-state index in [1.807, 2.05) is 25.3 Å². The van der Waals surface area contributed by atoms with Gasteiger partial charge in [0.25, 0.3) is 0 Å². The lowest BCUT2D eigenvalue weighted by atomic mass is 9.95. The molecular formula is C25H28FN5O3. The molecule has 2 aromatic heterocycles. The predicted octanol–water partition coefficient (Wildman–Crippen LogP) is 4.02. The van der Waals surface area contributed by atoms with Crippen LogP contribution in [-0.2, 0) is 14.9 Å². The molecule has 0 unspecified atom stereocenters. The number of carbonyl (C=O) groups is 1. The molecule has 3 heterocycles. The smallest absolute Gasteiger partial charge is 0.309 e. The normalized spacial score (nSPS) is 18.8. The number of halogens is 1. The van der Waals surface area contributed by atoms with Crippen molar-refractivity contribution in [2.24, 2.45) is 0 Å². The maximum Gasteiger partial charge on any atom is 0.309 e. The number of rotatable bonds is 5. The third kappa shape index (κ3) is 4.99. The molecule has 1 aliphatic rings. The zero-order valence-electron chi connectivity index (χ0n) is 19.6. The zero-order valence-corrected chi connectivity index (χ0v) is 19.6. The van der Waals surface area contributed by atoms with Crippen molar-refractivity contribution in [3.05, 3.63) is 54.2 Å². The minimum Gasteiger partial charge on any atom is -0.458 e. The van der Waals surface area contributed by atoms with Crippen molar-refractivity contribution < 1.29 is 19.0 Å². The Bertz CT molecular complexity index is 1210. The van der Waals surface area contributed by atoms with Crippen LogP contribution in [0.5, 0.6) is 0 Å². The maximum absolute atomic E-state index is 13.7. The van der Waals surface area contributed by atoms with Gasteiger partial charge >= 0.3 is 5.97 Å². The van der Waals surface area contributed by atoms with Crippen LogP contribution < -0.4 is 5.32 Å². The summed E-state index contributed by atoms with van der Waals surface area (Å²) in [7, 11) is 1.74. The van der Waals surface area contributed by atoms with Crippen molar-refractivity contribution in [1.29, 1.82) is 0 Å². The Morgan fingerprint density at radius 1 is 1.21 bits per heavy atom. The van der Waals surface area contributed by atoms with E-state index in [1.54, 1.807) is 43.7 Å². The highest BCUT2D eigenvalue weighted by molar-refractivity contribution is 5.79. The lowest BCUT2D eigenvalue weighted by Crippen LogP contribution is -2.31. The van der Waals surface area contributed by atoms with Crippen LogP contribution in [0.2, 0.25) is 0 Å². The first-order valence-corrected chi connectivity index (χ1v) is 11.1. The Hall–Kier alpha value is -3.59. The summed E-state index contributed by atoms with van der Waals surface area (Å²) in [6.45, 7) is 6.13. The van der Waals surface area contributed by atoms with Gasteiger partial charge in [0.05, 0.1) is 23.9 Å². The van der Waals surface area contributed by atoms with E-state index in [1.165, 1.54) is 12.1 Å². The summed E-state index contributed by atoms with van der Waals surface area (Å²) in [5, 5.41) is 12.9. The summed E-state index contributed by atoms with van der Waals surface area (Å²) in [6, 6.07) is 7.95. The molecule has 1 aliphatic heterocycles. The number of imidazole rings is 1. The maximum atomic E-state index is 13.7. The summed E-state index contributed by atoms with van der Waals surface area (Å²) in [4.78, 5) is 25.5. The van der Waals surface area contributed by atoms with Crippen molar-refractivity contribution in [3.63, 3.8) is 0 Å². The van der Waals surface area contributed by atoms with Crippen LogP contribution in [0.4, 0.5) is 10.3 Å². The molecule has 1 saturated heterocycles. The highest BCUT2D eigenvalue weighted by atomic mass is 19.1. The Morgan fingerprint density at radius 2 is 1.94 bits per heavy atom. The highest BCUT2D eigenvalue weighted by Gasteiger charge is 2.29. The summed E-state index contributed by atoms with van der Waals surface area (Å²) >= 11 is 0. The lowest BCUT2D eigenvalue weighted by Gasteiger charge is -2.24. The average molecular weight is 466 g/mol. The quantitative estimate of drug-likeness (QED) is 0.549. The van der Waals surface area contributed by atoms with E-state index < -0.39 is 18.2 Å². The Morgan fingerprint density at radius 3 is 2.59 bits per heavy atom. The van der Waals surface area contributed by atoms with Crippen molar-refractivity contribution in [1.82, 2.24) is 19.5 Å². The number of carbonyl (C=O) groups excluding carboxylic acids is 1. The van der Waals surface area contributed by atoms with Crippen molar-refractivity contribution in [2.45, 2.75) is 51.2 Å². The molecule has 1 fully saturated rings. The number of aromatic nitrogens is 4. The molecule has 4 rings (SSSR count). The largest absolute Gasteiger partial charge is 0.458 e. The first-order valence-electron chi connectivity index (χ1n) is 11.1. The highest BCUT2D eigenvalue weighted by Crippen LogP contribution is 2.36. The van der Waals surface area contributed by atoms with Gasteiger partial charge in [-0.05, 0) is 36.4 Å². The van der Waals surface area contributed by atoms with Crippen LogP contribution in [0.15, 0.2) is 42.6 Å². The van der Waals surface area contributed by atoms with Crippen LogP contribution in [-0.4, -0.2) is 49.9 Å². The summed E-state index contributed by atoms with van der Waals surface area (Å²) in [5.41, 5.74) is 2.31. The van der Waals surface area contributed by atoms with E-state index in [0.717, 1.165) is 11.4 Å². The van der Waals surface area contributed by atoms with Gasteiger partial charge in [0, 0.05) is 36.8 Å². The molecule has 9 heteroatoms. The minimum absolute atomic E-state index is 0.00482. The summed E-state index contributed by atoms with van der Waals surface area (Å²) < 4.78 is 21.1. The van der Waals surface area contributed by atoms with Gasteiger partial charge in [0.2, 0.25) is 5.95 Å². The van der Waals surface area contributed by atoms with Gasteiger partial charge < -0.3 is 19.7 Å². The Kier molecular flexibility index (Phi) is 6.47. The third-order valence-corrected chi connectivity index (χ3v) is 5.46. The van der Waals surface area contributed by atoms with Gasteiger partial charge in [-0.2, -0.15) is 0 Å². The molecule has 0 bridgehead atoms. The van der Waals surface area contributed by atoms with Crippen LogP contribution in [0.1, 0.15) is 39.4 Å². The number of nitrogens with one attached hydrogen (secondary N) is 1. The number of esters is 1. The van der Waals surface area contributed by atoms with Gasteiger partial charge in [0.15, 0.2) is 0 Å². The van der Waals surface area contributed by atoms with Crippen molar-refractivity contribution >= 4 is 18.1 Å². The summed E-state index contributed by atoms with van der Waals surface area (Å²) in [6.07, 6.45) is 4.20. The van der Waals surface area contributed by atoms with E-state index in [2.05, 4.69) is 15.3 Å². The first kappa shape index (κ1) is 23.6. The average Bonchev–Trinajstić information content (AvgIpc) is 3.18. The monoisotopic (exact) mass is 465 g/mol. The number of cyclic esters (lactones) is 1. The molecule has 2 N–H and O–H groups in total. The number of ether oxygens (including phenoxy) is 1. The second-order valence-electron chi connectivity index (χ2n) is 9.24. The van der Waals surface area contributed by atoms with Gasteiger partial charge in [-0.1, -0.05) is 20.8 Å².